The molecule has 6 nitrogen and oxygen atoms in total. The summed E-state index contributed by atoms with van der Waals surface area (Å²) in [6.07, 6.45) is 7.38. The molecule has 27 heavy (non-hydrogen) atoms. The van der Waals surface area contributed by atoms with Crippen molar-refractivity contribution in [2.24, 2.45) is 5.92 Å². The molecule has 3 aromatic rings. The van der Waals surface area contributed by atoms with Gasteiger partial charge in [0, 0.05) is 28.7 Å². The van der Waals surface area contributed by atoms with Crippen molar-refractivity contribution in [3.8, 4) is 5.75 Å². The molecular weight excluding hydrogens is 410 g/mol. The first kappa shape index (κ1) is 18.0. The van der Waals surface area contributed by atoms with Crippen LogP contribution in [0.1, 0.15) is 36.2 Å². The first-order valence-electron chi connectivity index (χ1n) is 9.09. The molecule has 1 saturated carbocycles. The topological polar surface area (TPSA) is 77.2 Å². The molecule has 1 amide bonds. The number of ether oxygens (including phenoxy) is 1. The Morgan fingerprint density at radius 1 is 1.22 bits per heavy atom. The fraction of sp³-hybridized carbons (Fsp3) is 0.350. The van der Waals surface area contributed by atoms with Crippen molar-refractivity contribution in [1.29, 1.82) is 0 Å². The van der Waals surface area contributed by atoms with Crippen LogP contribution in [0.25, 0.3) is 10.9 Å². The summed E-state index contributed by atoms with van der Waals surface area (Å²) in [7, 11) is 0. The number of carbonyl (C=O) groups excluding carboxylic acids is 1. The van der Waals surface area contributed by atoms with Gasteiger partial charge in [-0.25, -0.2) is 0 Å². The van der Waals surface area contributed by atoms with Crippen molar-refractivity contribution in [2.45, 2.75) is 31.8 Å². The quantitative estimate of drug-likeness (QED) is 0.651. The number of hydrogen-bond donors (Lipinski definition) is 1. The summed E-state index contributed by atoms with van der Waals surface area (Å²) in [6.45, 7) is 0.656. The zero-order valence-electron chi connectivity index (χ0n) is 14.7. The Hall–Kier alpha value is -2.41. The van der Waals surface area contributed by atoms with E-state index >= 15 is 0 Å². The number of nitrogens with zero attached hydrogens (tertiary/aromatic N) is 2. The van der Waals surface area contributed by atoms with Gasteiger partial charge in [0.1, 0.15) is 12.0 Å². The van der Waals surface area contributed by atoms with Crippen molar-refractivity contribution in [2.75, 3.05) is 6.54 Å². The van der Waals surface area contributed by atoms with Gasteiger partial charge in [-0.2, -0.15) is 0 Å². The lowest BCUT2D eigenvalue weighted by molar-refractivity contribution is 0.0920. The van der Waals surface area contributed by atoms with Crippen molar-refractivity contribution >= 4 is 32.7 Å². The van der Waals surface area contributed by atoms with E-state index in [0.717, 1.165) is 46.8 Å². The number of pyridine rings is 1. The third kappa shape index (κ3) is 4.13. The molecule has 1 fully saturated rings. The minimum Gasteiger partial charge on any atom is -0.490 e. The molecule has 0 saturated heterocycles. The van der Waals surface area contributed by atoms with E-state index in [-0.39, 0.29) is 12.0 Å². The second-order valence-electron chi connectivity index (χ2n) is 6.80. The Morgan fingerprint density at radius 3 is 2.85 bits per heavy atom. The zero-order valence-corrected chi connectivity index (χ0v) is 16.3. The van der Waals surface area contributed by atoms with E-state index in [9.17, 15) is 4.79 Å². The highest BCUT2D eigenvalue weighted by atomic mass is 79.9. The van der Waals surface area contributed by atoms with Crippen LogP contribution >= 0.6 is 15.9 Å². The van der Waals surface area contributed by atoms with Crippen molar-refractivity contribution in [3.63, 3.8) is 0 Å². The summed E-state index contributed by atoms with van der Waals surface area (Å²) in [6, 6.07) is 9.51. The van der Waals surface area contributed by atoms with E-state index < -0.39 is 0 Å². The standard InChI is InChI=1S/C20H20BrN3O3/c21-16-3-1-2-15-18(8-10-22-19(15)16)27-14-6-4-13(5-7-14)12-23-20(25)17-9-11-26-24-17/h1-3,8-11,13-14H,4-7,12H2,(H,23,25). The van der Waals surface area contributed by atoms with Gasteiger partial charge < -0.3 is 14.6 Å². The van der Waals surface area contributed by atoms with Crippen molar-refractivity contribution in [3.05, 3.63) is 53.0 Å². The Balaban J connectivity index is 1.31. The van der Waals surface area contributed by atoms with Gasteiger partial charge in [-0.15, -0.1) is 0 Å². The normalized spacial score (nSPS) is 19.7. The molecule has 2 heterocycles. The molecule has 0 bridgehead atoms. The van der Waals surface area contributed by atoms with E-state index in [0.29, 0.717) is 18.2 Å². The molecule has 1 aromatic carbocycles. The van der Waals surface area contributed by atoms with Crippen LogP contribution in [0.4, 0.5) is 0 Å². The lowest BCUT2D eigenvalue weighted by atomic mass is 9.87. The Kier molecular flexibility index (Phi) is 5.38. The molecule has 4 rings (SSSR count). The highest BCUT2D eigenvalue weighted by molar-refractivity contribution is 9.10. The first-order chi connectivity index (χ1) is 13.2. The molecule has 0 aliphatic heterocycles. The molecule has 1 N–H and O–H groups in total. The summed E-state index contributed by atoms with van der Waals surface area (Å²) >= 11 is 3.54. The van der Waals surface area contributed by atoms with Crippen LogP contribution in [0.3, 0.4) is 0 Å². The van der Waals surface area contributed by atoms with Gasteiger partial charge in [0.15, 0.2) is 5.69 Å². The van der Waals surface area contributed by atoms with Crippen LogP contribution in [0.5, 0.6) is 5.75 Å². The summed E-state index contributed by atoms with van der Waals surface area (Å²) in [5.74, 6) is 1.16. The maximum atomic E-state index is 11.9. The molecule has 0 radical (unpaired) electrons. The van der Waals surface area contributed by atoms with E-state index in [2.05, 4.69) is 31.4 Å². The number of carbonyl (C=O) groups is 1. The second-order valence-corrected chi connectivity index (χ2v) is 7.65. The predicted molar refractivity (Wildman–Crippen MR) is 105 cm³/mol. The first-order valence-corrected chi connectivity index (χ1v) is 9.88. The number of amides is 1. The number of rotatable bonds is 5. The SMILES string of the molecule is O=C(NCC1CCC(Oc2ccnc3c(Br)cccc23)CC1)c1ccon1. The molecule has 0 atom stereocenters. The van der Waals surface area contributed by atoms with E-state index in [1.54, 1.807) is 12.3 Å². The fourth-order valence-electron chi connectivity index (χ4n) is 3.51. The third-order valence-electron chi connectivity index (χ3n) is 4.99. The highest BCUT2D eigenvalue weighted by Gasteiger charge is 2.24. The number of fused-ring (bicyclic) bond motifs is 1. The van der Waals surface area contributed by atoms with E-state index in [4.69, 9.17) is 9.26 Å². The second kappa shape index (κ2) is 8.08. The van der Waals surface area contributed by atoms with Gasteiger partial charge in [0.05, 0.1) is 11.6 Å². The van der Waals surface area contributed by atoms with Gasteiger partial charge in [-0.1, -0.05) is 11.2 Å². The lowest BCUT2D eigenvalue weighted by Gasteiger charge is -2.29. The maximum Gasteiger partial charge on any atom is 0.273 e. The number of hydrogen-bond acceptors (Lipinski definition) is 5. The summed E-state index contributed by atoms with van der Waals surface area (Å²) < 4.78 is 12.0. The Bertz CT molecular complexity index is 921. The van der Waals surface area contributed by atoms with E-state index in [1.807, 2.05) is 24.3 Å². The number of para-hydroxylation sites is 1. The molecule has 1 aliphatic carbocycles. The third-order valence-corrected chi connectivity index (χ3v) is 5.63. The highest BCUT2D eigenvalue weighted by Crippen LogP contribution is 2.32. The van der Waals surface area contributed by atoms with Crippen LogP contribution in [0.15, 0.2) is 51.8 Å². The summed E-state index contributed by atoms with van der Waals surface area (Å²) in [4.78, 5) is 16.4. The molecule has 140 valence electrons. The van der Waals surface area contributed by atoms with Gasteiger partial charge >= 0.3 is 0 Å². The maximum absolute atomic E-state index is 11.9. The van der Waals surface area contributed by atoms with Crippen LogP contribution in [-0.4, -0.2) is 28.7 Å². The number of halogens is 1. The van der Waals surface area contributed by atoms with Crippen LogP contribution in [0.2, 0.25) is 0 Å². The molecule has 1 aliphatic rings. The smallest absolute Gasteiger partial charge is 0.273 e. The zero-order chi connectivity index (χ0) is 18.6. The Labute approximate surface area is 165 Å². The lowest BCUT2D eigenvalue weighted by Crippen LogP contribution is -2.33. The van der Waals surface area contributed by atoms with Gasteiger partial charge in [0.25, 0.3) is 5.91 Å². The largest absolute Gasteiger partial charge is 0.490 e. The van der Waals surface area contributed by atoms with Gasteiger partial charge in [0.2, 0.25) is 0 Å². The minimum absolute atomic E-state index is 0.184. The van der Waals surface area contributed by atoms with Crippen LogP contribution in [0, 0.1) is 5.92 Å². The summed E-state index contributed by atoms with van der Waals surface area (Å²) in [5.41, 5.74) is 1.24. The van der Waals surface area contributed by atoms with Crippen molar-refractivity contribution < 1.29 is 14.1 Å². The van der Waals surface area contributed by atoms with Crippen LogP contribution in [-0.2, 0) is 0 Å². The Morgan fingerprint density at radius 2 is 2.07 bits per heavy atom. The number of aromatic nitrogens is 2. The molecule has 0 unspecified atom stereocenters. The van der Waals surface area contributed by atoms with Gasteiger partial charge in [-0.05, 0) is 65.7 Å². The minimum atomic E-state index is -0.184. The molecule has 2 aromatic heterocycles. The average molecular weight is 430 g/mol. The fourth-order valence-corrected chi connectivity index (χ4v) is 3.98. The number of benzene rings is 1. The predicted octanol–water partition coefficient (Wildman–Crippen LogP) is 4.35. The monoisotopic (exact) mass is 429 g/mol. The molecule has 0 spiro atoms. The number of nitrogens with one attached hydrogen (secondary N) is 1. The molecule has 7 heteroatoms. The summed E-state index contributed by atoms with van der Waals surface area (Å²) in [5, 5.41) is 7.61. The van der Waals surface area contributed by atoms with Crippen LogP contribution < -0.4 is 10.1 Å². The van der Waals surface area contributed by atoms with Gasteiger partial charge in [-0.3, -0.25) is 9.78 Å². The molecular formula is C20H20BrN3O3. The van der Waals surface area contributed by atoms with Crippen molar-refractivity contribution in [1.82, 2.24) is 15.5 Å². The van der Waals surface area contributed by atoms with E-state index in [1.165, 1.54) is 6.26 Å². The average Bonchev–Trinajstić information content (AvgIpc) is 3.23.